The summed E-state index contributed by atoms with van der Waals surface area (Å²) >= 11 is 0. The highest BCUT2D eigenvalue weighted by molar-refractivity contribution is 5.94. The topological polar surface area (TPSA) is 47.4 Å². The van der Waals surface area contributed by atoms with E-state index in [0.29, 0.717) is 19.1 Å². The molecule has 0 saturated carbocycles. The number of aromatic nitrogens is 2. The summed E-state index contributed by atoms with van der Waals surface area (Å²) in [5.74, 6) is 2.25. The zero-order chi connectivity index (χ0) is 16.7. The number of rotatable bonds is 2. The Balaban J connectivity index is 1.59. The molecule has 0 fully saturated rings. The van der Waals surface area contributed by atoms with Gasteiger partial charge in [-0.15, -0.1) is 0 Å². The minimum Gasteiger partial charge on any atom is -0.493 e. The highest BCUT2D eigenvalue weighted by atomic mass is 16.5. The smallest absolute Gasteiger partial charge is 0.229 e. The number of fused-ring (bicyclic) bond motifs is 2. The molecule has 4 rings (SSSR count). The molecule has 0 saturated heterocycles. The monoisotopic (exact) mass is 325 g/mol. The molecule has 126 valence electrons. The van der Waals surface area contributed by atoms with Crippen LogP contribution in [-0.4, -0.2) is 28.3 Å². The molecule has 5 nitrogen and oxygen atoms in total. The number of benzene rings is 1. The molecule has 0 spiro atoms. The Morgan fingerprint density at radius 2 is 2.08 bits per heavy atom. The Hall–Kier alpha value is -2.30. The maximum absolute atomic E-state index is 13.1. The number of carbonyl (C=O) groups is 1. The predicted molar refractivity (Wildman–Crippen MR) is 92.4 cm³/mol. The molecule has 1 aromatic heterocycles. The molecule has 0 unspecified atom stereocenters. The Kier molecular flexibility index (Phi) is 3.79. The van der Waals surface area contributed by atoms with E-state index in [9.17, 15) is 4.79 Å². The lowest BCUT2D eigenvalue weighted by Gasteiger charge is -2.38. The fourth-order valence-corrected chi connectivity index (χ4v) is 4.07. The number of anilines is 1. The number of carbonyl (C=O) groups excluding carboxylic acids is 1. The molecule has 5 heteroatoms. The first-order valence-corrected chi connectivity index (χ1v) is 8.72. The van der Waals surface area contributed by atoms with Crippen molar-refractivity contribution in [3.63, 3.8) is 0 Å². The van der Waals surface area contributed by atoms with Crippen LogP contribution in [-0.2, 0) is 4.79 Å². The van der Waals surface area contributed by atoms with E-state index in [1.807, 2.05) is 33.8 Å². The summed E-state index contributed by atoms with van der Waals surface area (Å²) in [6, 6.07) is 10.6. The summed E-state index contributed by atoms with van der Waals surface area (Å²) in [6.45, 7) is 4.96. The van der Waals surface area contributed by atoms with E-state index in [1.54, 1.807) is 6.20 Å². The summed E-state index contributed by atoms with van der Waals surface area (Å²) in [6.07, 6.45) is 4.13. The average Bonchev–Trinajstić information content (AvgIpc) is 3.05. The molecule has 1 amide bonds. The molecule has 1 aromatic carbocycles. The van der Waals surface area contributed by atoms with Crippen molar-refractivity contribution in [1.29, 1.82) is 0 Å². The predicted octanol–water partition coefficient (Wildman–Crippen LogP) is 3.53. The molecule has 0 radical (unpaired) electrons. The van der Waals surface area contributed by atoms with E-state index >= 15 is 0 Å². The maximum Gasteiger partial charge on any atom is 0.229 e. The van der Waals surface area contributed by atoms with Gasteiger partial charge in [-0.1, -0.05) is 18.2 Å². The van der Waals surface area contributed by atoms with Crippen LogP contribution in [0.3, 0.4) is 0 Å². The van der Waals surface area contributed by atoms with Gasteiger partial charge in [0.2, 0.25) is 5.91 Å². The maximum atomic E-state index is 13.1. The highest BCUT2D eigenvalue weighted by Crippen LogP contribution is 2.38. The second-order valence-corrected chi connectivity index (χ2v) is 6.91. The molecule has 0 bridgehead atoms. The molecular weight excluding hydrogens is 302 g/mol. The average molecular weight is 325 g/mol. The van der Waals surface area contributed by atoms with Crippen LogP contribution in [0.25, 0.3) is 0 Å². The van der Waals surface area contributed by atoms with E-state index < -0.39 is 0 Å². The van der Waals surface area contributed by atoms with E-state index in [1.165, 1.54) is 0 Å². The van der Waals surface area contributed by atoms with Gasteiger partial charge < -0.3 is 4.74 Å². The molecule has 3 atom stereocenters. The van der Waals surface area contributed by atoms with Crippen LogP contribution in [0.15, 0.2) is 36.5 Å². The van der Waals surface area contributed by atoms with Crippen LogP contribution in [0.2, 0.25) is 0 Å². The van der Waals surface area contributed by atoms with Crippen LogP contribution in [0.5, 0.6) is 5.75 Å². The van der Waals surface area contributed by atoms with Crippen molar-refractivity contribution in [3.8, 4) is 5.75 Å². The standard InChI is InChI=1S/C19H23N3O2/c1-13-11-14(2)22-18(7-9-20-22)21(13)19(23)12-15-8-10-24-17-6-4-3-5-16(15)17/h3-7,9,13-15H,8,10-12H2,1-2H3/t13-,14+,15-/m1/s1. The van der Waals surface area contributed by atoms with E-state index in [-0.39, 0.29) is 17.9 Å². The molecule has 2 aliphatic heterocycles. The van der Waals surface area contributed by atoms with Gasteiger partial charge in [0.25, 0.3) is 0 Å². The number of amides is 1. The van der Waals surface area contributed by atoms with E-state index in [2.05, 4.69) is 25.0 Å². The van der Waals surface area contributed by atoms with E-state index in [4.69, 9.17) is 4.74 Å². The van der Waals surface area contributed by atoms with Crippen LogP contribution in [0.1, 0.15) is 50.6 Å². The Labute approximate surface area is 142 Å². The van der Waals surface area contributed by atoms with Gasteiger partial charge in [-0.3, -0.25) is 9.69 Å². The first kappa shape index (κ1) is 15.2. The first-order chi connectivity index (χ1) is 11.6. The Morgan fingerprint density at radius 1 is 1.25 bits per heavy atom. The lowest BCUT2D eigenvalue weighted by atomic mass is 9.89. The van der Waals surface area contributed by atoms with Crippen molar-refractivity contribution in [2.75, 3.05) is 11.5 Å². The van der Waals surface area contributed by atoms with Crippen LogP contribution >= 0.6 is 0 Å². The summed E-state index contributed by atoms with van der Waals surface area (Å²) in [5, 5.41) is 4.39. The fraction of sp³-hybridized carbons (Fsp3) is 0.474. The quantitative estimate of drug-likeness (QED) is 0.848. The largest absolute Gasteiger partial charge is 0.493 e. The van der Waals surface area contributed by atoms with Crippen molar-refractivity contribution in [2.24, 2.45) is 0 Å². The first-order valence-electron chi connectivity index (χ1n) is 8.72. The second kappa shape index (κ2) is 5.96. The summed E-state index contributed by atoms with van der Waals surface area (Å²) in [4.78, 5) is 15.0. The molecule has 0 aliphatic carbocycles. The number of ether oxygens (including phenoxy) is 1. The van der Waals surface area contributed by atoms with Gasteiger partial charge in [0.05, 0.1) is 18.8 Å². The summed E-state index contributed by atoms with van der Waals surface area (Å²) in [5.41, 5.74) is 1.16. The molecule has 2 aliphatic rings. The van der Waals surface area contributed by atoms with E-state index in [0.717, 1.165) is 30.0 Å². The van der Waals surface area contributed by atoms with Crippen molar-refractivity contribution < 1.29 is 9.53 Å². The van der Waals surface area contributed by atoms with Crippen molar-refractivity contribution in [1.82, 2.24) is 9.78 Å². The number of para-hydroxylation sites is 1. The van der Waals surface area contributed by atoms with Crippen molar-refractivity contribution in [2.45, 2.75) is 51.1 Å². The van der Waals surface area contributed by atoms with Gasteiger partial charge in [-0.25, -0.2) is 4.68 Å². The van der Waals surface area contributed by atoms with Gasteiger partial charge in [-0.05, 0) is 44.2 Å². The summed E-state index contributed by atoms with van der Waals surface area (Å²) in [7, 11) is 0. The minimum atomic E-state index is 0.179. The zero-order valence-corrected chi connectivity index (χ0v) is 14.2. The fourth-order valence-electron chi connectivity index (χ4n) is 4.07. The normalized spacial score (nSPS) is 25.6. The van der Waals surface area contributed by atoms with Crippen LogP contribution < -0.4 is 9.64 Å². The lowest BCUT2D eigenvalue weighted by Crippen LogP contribution is -2.45. The van der Waals surface area contributed by atoms with Gasteiger partial charge >= 0.3 is 0 Å². The molecular formula is C19H23N3O2. The molecule has 2 aromatic rings. The van der Waals surface area contributed by atoms with Gasteiger partial charge in [0, 0.05) is 18.5 Å². The SMILES string of the molecule is C[C@@H]1C[C@H](C)n2nccc2N1C(=O)C[C@H]1CCOc2ccccc21. The van der Waals surface area contributed by atoms with Crippen molar-refractivity contribution >= 4 is 11.7 Å². The molecule has 24 heavy (non-hydrogen) atoms. The lowest BCUT2D eigenvalue weighted by molar-refractivity contribution is -0.119. The number of hydrogen-bond acceptors (Lipinski definition) is 3. The summed E-state index contributed by atoms with van der Waals surface area (Å²) < 4.78 is 7.69. The third kappa shape index (κ3) is 2.48. The Bertz CT molecular complexity index is 755. The minimum absolute atomic E-state index is 0.179. The second-order valence-electron chi connectivity index (χ2n) is 6.91. The van der Waals surface area contributed by atoms with Gasteiger partial charge in [0.1, 0.15) is 11.6 Å². The van der Waals surface area contributed by atoms with Crippen molar-refractivity contribution in [3.05, 3.63) is 42.1 Å². The Morgan fingerprint density at radius 3 is 2.96 bits per heavy atom. The van der Waals surface area contributed by atoms with Gasteiger partial charge in [0.15, 0.2) is 0 Å². The molecule has 3 heterocycles. The third-order valence-electron chi connectivity index (χ3n) is 5.21. The third-order valence-corrected chi connectivity index (χ3v) is 5.21. The zero-order valence-electron chi connectivity index (χ0n) is 14.2. The van der Waals surface area contributed by atoms with Crippen LogP contribution in [0.4, 0.5) is 5.82 Å². The van der Waals surface area contributed by atoms with Crippen LogP contribution in [0, 0.1) is 0 Å². The number of hydrogen-bond donors (Lipinski definition) is 0. The highest BCUT2D eigenvalue weighted by Gasteiger charge is 2.34. The van der Waals surface area contributed by atoms with Gasteiger partial charge in [-0.2, -0.15) is 5.10 Å². The molecule has 0 N–H and O–H groups in total. The number of nitrogens with zero attached hydrogens (tertiary/aromatic N) is 3.